The van der Waals surface area contributed by atoms with Gasteiger partial charge in [-0.3, -0.25) is 4.37 Å². The van der Waals surface area contributed by atoms with E-state index < -0.39 is 0 Å². The molecule has 54 heavy (non-hydrogen) atoms. The fourth-order valence-electron chi connectivity index (χ4n) is 8.26. The molecule has 4 heterocycles. The number of aryl methyl sites for hydroxylation is 2. The van der Waals surface area contributed by atoms with Gasteiger partial charge in [0, 0.05) is 21.5 Å². The molecule has 0 aliphatic rings. The quantitative estimate of drug-likeness (QED) is 0.0348. The van der Waals surface area contributed by atoms with Crippen LogP contribution in [0.25, 0.3) is 42.9 Å². The lowest BCUT2D eigenvalue weighted by Crippen LogP contribution is -1.93. The number of hydrogen-bond acceptors (Lipinski definition) is 6. The standard InChI is InChI=1S/C46H71N4S4/c1-3-5-7-9-11-13-15-17-19-21-23-25-27-29-31-37-33-35-51-45(37)39-41-43(49-53-47-41)40(44-42(39)48-54-50-44)46-38(34-36-52-46)32-30-28-26-24-22-20-18-16-14-12-10-8-6-4-2/h33-36H,3-32H2,1-2H3,(H,47,49)/q+1. The minimum Gasteiger partial charge on any atom is -0.293 e. The number of nitrogens with one attached hydrogen (secondary N) is 1. The van der Waals surface area contributed by atoms with Gasteiger partial charge in [0.1, 0.15) is 5.52 Å². The lowest BCUT2D eigenvalue weighted by atomic mass is 9.96. The van der Waals surface area contributed by atoms with E-state index in [0.717, 1.165) is 34.9 Å². The summed E-state index contributed by atoms with van der Waals surface area (Å²) in [5, 5.41) is 4.54. The van der Waals surface area contributed by atoms with Crippen LogP contribution < -0.4 is 0 Å². The van der Waals surface area contributed by atoms with Gasteiger partial charge in [0.15, 0.2) is 11.0 Å². The van der Waals surface area contributed by atoms with Crippen LogP contribution in [-0.4, -0.2) is 17.5 Å². The first-order valence-corrected chi connectivity index (χ1v) is 25.7. The molecule has 5 aromatic rings. The second kappa shape index (κ2) is 26.2. The normalized spacial score (nSPS) is 11.9. The number of aromatic nitrogens is 4. The fraction of sp³-hybridized carbons (Fsp3) is 0.696. The van der Waals surface area contributed by atoms with Crippen molar-refractivity contribution in [2.45, 2.75) is 206 Å². The zero-order valence-electron chi connectivity index (χ0n) is 34.0. The molecule has 0 unspecified atom stereocenters. The number of thiophene rings is 2. The Morgan fingerprint density at radius 2 is 0.833 bits per heavy atom. The number of aromatic amines is 1. The van der Waals surface area contributed by atoms with Crippen molar-refractivity contribution < 1.29 is 0 Å². The van der Waals surface area contributed by atoms with E-state index in [9.17, 15) is 0 Å². The van der Waals surface area contributed by atoms with E-state index in [-0.39, 0.29) is 0 Å². The molecule has 0 aliphatic heterocycles. The van der Waals surface area contributed by atoms with Gasteiger partial charge in [-0.25, -0.2) is 0 Å². The number of hydrogen-bond donors (Lipinski definition) is 1. The van der Waals surface area contributed by atoms with Crippen molar-refractivity contribution >= 4 is 68.2 Å². The summed E-state index contributed by atoms with van der Waals surface area (Å²) in [5.74, 6) is 0. The van der Waals surface area contributed by atoms with E-state index >= 15 is 0 Å². The maximum absolute atomic E-state index is 5.00. The van der Waals surface area contributed by atoms with Crippen molar-refractivity contribution in [1.29, 1.82) is 0 Å². The molecule has 0 radical (unpaired) electrons. The summed E-state index contributed by atoms with van der Waals surface area (Å²) < 4.78 is 18.5. The zero-order chi connectivity index (χ0) is 37.5. The highest BCUT2D eigenvalue weighted by molar-refractivity contribution is 7.14. The van der Waals surface area contributed by atoms with Gasteiger partial charge >= 0.3 is 11.7 Å². The number of H-pyrrole nitrogens is 1. The van der Waals surface area contributed by atoms with Crippen LogP contribution in [0.3, 0.4) is 0 Å². The summed E-state index contributed by atoms with van der Waals surface area (Å²) in [5.41, 5.74) is 9.58. The monoisotopic (exact) mass is 807 g/mol. The van der Waals surface area contributed by atoms with E-state index in [2.05, 4.69) is 41.1 Å². The largest absolute Gasteiger partial charge is 0.508 e. The highest BCUT2D eigenvalue weighted by atomic mass is 32.1. The second-order valence-electron chi connectivity index (χ2n) is 16.0. The summed E-state index contributed by atoms with van der Waals surface area (Å²) in [6, 6.07) is 4.69. The molecule has 1 N–H and O–H groups in total. The number of rotatable bonds is 32. The molecule has 0 fully saturated rings. The predicted octanol–water partition coefficient (Wildman–Crippen LogP) is 17.4. The van der Waals surface area contributed by atoms with Crippen molar-refractivity contribution in [1.82, 2.24) is 17.5 Å². The van der Waals surface area contributed by atoms with Gasteiger partial charge in [0.25, 0.3) is 0 Å². The van der Waals surface area contributed by atoms with E-state index in [1.54, 1.807) is 0 Å². The molecule has 0 saturated carbocycles. The van der Waals surface area contributed by atoms with Crippen LogP contribution in [0.2, 0.25) is 0 Å². The first kappa shape index (κ1) is 43.4. The first-order chi connectivity index (χ1) is 26.8. The molecule has 4 nitrogen and oxygen atoms in total. The van der Waals surface area contributed by atoms with E-state index in [0.29, 0.717) is 0 Å². The third kappa shape index (κ3) is 13.7. The second-order valence-corrected chi connectivity index (χ2v) is 18.9. The molecule has 4 aromatic heterocycles. The van der Waals surface area contributed by atoms with Gasteiger partial charge < -0.3 is 0 Å². The number of unbranched alkanes of at least 4 members (excludes halogenated alkanes) is 26. The summed E-state index contributed by atoms with van der Waals surface area (Å²) in [6.45, 7) is 4.60. The summed E-state index contributed by atoms with van der Waals surface area (Å²) in [6.07, 6.45) is 41.4. The minimum atomic E-state index is 1.03. The number of benzene rings is 1. The van der Waals surface area contributed by atoms with Gasteiger partial charge in [-0.2, -0.15) is 4.37 Å². The summed E-state index contributed by atoms with van der Waals surface area (Å²) in [7, 11) is 0. The molecule has 0 saturated heterocycles. The molecule has 0 aliphatic carbocycles. The van der Waals surface area contributed by atoms with Gasteiger partial charge in [-0.1, -0.05) is 181 Å². The smallest absolute Gasteiger partial charge is 0.293 e. The Bertz CT molecular complexity index is 1530. The average Bonchev–Trinajstić information content (AvgIpc) is 4.03. The Morgan fingerprint density at radius 3 is 1.26 bits per heavy atom. The molecule has 0 spiro atoms. The van der Waals surface area contributed by atoms with E-state index in [1.165, 1.54) is 235 Å². The van der Waals surface area contributed by atoms with Crippen LogP contribution in [0.5, 0.6) is 0 Å². The highest BCUT2D eigenvalue weighted by Crippen LogP contribution is 2.46. The van der Waals surface area contributed by atoms with Gasteiger partial charge in [0.2, 0.25) is 0 Å². The Balaban J connectivity index is 1.08. The summed E-state index contributed by atoms with van der Waals surface area (Å²) in [4.78, 5) is 2.69. The lowest BCUT2D eigenvalue weighted by molar-refractivity contribution is 0.535. The summed E-state index contributed by atoms with van der Waals surface area (Å²) >= 11 is 6.52. The minimum absolute atomic E-state index is 1.03. The van der Waals surface area contributed by atoms with Gasteiger partial charge in [-0.05, 0) is 59.7 Å². The Hall–Kier alpha value is -1.74. The zero-order valence-corrected chi connectivity index (χ0v) is 37.3. The molecule has 0 bridgehead atoms. The van der Waals surface area contributed by atoms with Crippen molar-refractivity contribution in [2.24, 2.45) is 0 Å². The van der Waals surface area contributed by atoms with Crippen LogP contribution in [0.1, 0.15) is 205 Å². The van der Waals surface area contributed by atoms with Crippen LogP contribution in [0.15, 0.2) is 22.9 Å². The van der Waals surface area contributed by atoms with Crippen molar-refractivity contribution in [3.63, 3.8) is 0 Å². The Morgan fingerprint density at radius 1 is 0.463 bits per heavy atom. The SMILES string of the molecule is CCCCCCCCCCCCCCCCc1ccsc1-c1c2n[s+]nc2c(-c2sccc2CCCCCCCCCCCCCCCC)c2[nH]snc12. The van der Waals surface area contributed by atoms with Crippen molar-refractivity contribution in [2.75, 3.05) is 0 Å². The first-order valence-electron chi connectivity index (χ1n) is 22.4. The molecular weight excluding hydrogens is 737 g/mol. The van der Waals surface area contributed by atoms with Crippen molar-refractivity contribution in [3.8, 4) is 20.9 Å². The predicted molar refractivity (Wildman–Crippen MR) is 244 cm³/mol. The highest BCUT2D eigenvalue weighted by Gasteiger charge is 2.29. The molecule has 298 valence electrons. The van der Waals surface area contributed by atoms with Gasteiger partial charge in [0.05, 0.1) is 25.4 Å². The van der Waals surface area contributed by atoms with E-state index in [4.69, 9.17) is 13.1 Å². The Labute approximate surface area is 345 Å². The number of nitrogens with zero attached hydrogens (tertiary/aromatic N) is 3. The Kier molecular flexibility index (Phi) is 21.1. The number of fused-ring (bicyclic) bond motifs is 2. The van der Waals surface area contributed by atoms with Gasteiger partial charge in [-0.15, -0.1) is 22.7 Å². The van der Waals surface area contributed by atoms with Crippen LogP contribution in [0, 0.1) is 0 Å². The van der Waals surface area contributed by atoms with Crippen LogP contribution in [-0.2, 0) is 12.8 Å². The molecule has 8 heteroatoms. The molecular formula is C46H71N4S4+. The maximum Gasteiger partial charge on any atom is 0.508 e. The fourth-order valence-corrected chi connectivity index (χ4v) is 11.4. The van der Waals surface area contributed by atoms with Crippen molar-refractivity contribution in [3.05, 3.63) is 34.0 Å². The molecule has 5 rings (SSSR count). The average molecular weight is 808 g/mol. The molecule has 1 aromatic carbocycles. The van der Waals surface area contributed by atoms with Crippen LogP contribution in [0.4, 0.5) is 0 Å². The van der Waals surface area contributed by atoms with Crippen LogP contribution >= 0.6 is 46.1 Å². The molecule has 0 amide bonds. The molecule has 0 atom stereocenters. The topological polar surface area (TPSA) is 54.5 Å². The third-order valence-corrected chi connectivity index (χ3v) is 14.6. The maximum atomic E-state index is 5.00. The van der Waals surface area contributed by atoms with E-state index in [1.807, 2.05) is 22.7 Å². The third-order valence-electron chi connectivity index (χ3n) is 11.5. The lowest BCUT2D eigenvalue weighted by Gasteiger charge is -2.10.